The summed E-state index contributed by atoms with van der Waals surface area (Å²) in [5, 5.41) is 2.83. The number of hydrogen-bond acceptors (Lipinski definition) is 3. The van der Waals surface area contributed by atoms with E-state index < -0.39 is 6.10 Å². The van der Waals surface area contributed by atoms with Gasteiger partial charge in [0.05, 0.1) is 11.0 Å². The van der Waals surface area contributed by atoms with E-state index in [1.54, 1.807) is 6.92 Å². The Morgan fingerprint density at radius 3 is 2.57 bits per heavy atom. The third kappa shape index (κ3) is 4.66. The highest BCUT2D eigenvalue weighted by Gasteiger charge is 2.15. The van der Waals surface area contributed by atoms with E-state index in [1.165, 1.54) is 29.8 Å². The van der Waals surface area contributed by atoms with Gasteiger partial charge in [-0.1, -0.05) is 18.2 Å². The number of anilines is 1. The predicted octanol–water partition coefficient (Wildman–Crippen LogP) is 5.01. The number of rotatable bonds is 6. The van der Waals surface area contributed by atoms with E-state index in [0.29, 0.717) is 17.9 Å². The van der Waals surface area contributed by atoms with Crippen molar-refractivity contribution in [3.05, 3.63) is 89.5 Å². The van der Waals surface area contributed by atoms with Gasteiger partial charge in [0.2, 0.25) is 0 Å². The number of imidazole rings is 1. The molecule has 0 aliphatic carbocycles. The van der Waals surface area contributed by atoms with Gasteiger partial charge >= 0.3 is 0 Å². The van der Waals surface area contributed by atoms with Crippen LogP contribution in [-0.4, -0.2) is 22.0 Å². The van der Waals surface area contributed by atoms with Crippen LogP contribution in [0.15, 0.2) is 66.7 Å². The normalized spacial score (nSPS) is 12.0. The lowest BCUT2D eigenvalue weighted by atomic mass is 10.1. The molecule has 0 spiro atoms. The predicted molar refractivity (Wildman–Crippen MR) is 115 cm³/mol. The Bertz CT molecular complexity index is 1170. The van der Waals surface area contributed by atoms with E-state index in [1.807, 2.05) is 36.4 Å². The molecular weight excluding hydrogens is 381 g/mol. The number of nitrogens with zero attached hydrogens (tertiary/aromatic N) is 1. The van der Waals surface area contributed by atoms with Crippen molar-refractivity contribution >= 4 is 22.6 Å². The summed E-state index contributed by atoms with van der Waals surface area (Å²) in [4.78, 5) is 20.3. The fraction of sp³-hybridized carbons (Fsp3) is 0.167. The van der Waals surface area contributed by atoms with Gasteiger partial charge in [0.25, 0.3) is 5.91 Å². The standard InChI is InChI=1S/C24H22FN3O2/c1-15-3-12-21-22(13-15)28-23(27-21)14-17-4-8-19(9-5-17)26-24(29)16(2)30-20-10-6-18(25)7-11-20/h3-13,16H,14H2,1-2H3,(H,26,29)(H,27,28)/t16-/m0/s1. The number of hydrogen-bond donors (Lipinski definition) is 2. The Balaban J connectivity index is 1.36. The molecule has 0 saturated heterocycles. The van der Waals surface area contributed by atoms with Crippen LogP contribution in [-0.2, 0) is 11.2 Å². The largest absolute Gasteiger partial charge is 0.481 e. The number of H-pyrrole nitrogens is 1. The topological polar surface area (TPSA) is 67.0 Å². The second-order valence-corrected chi connectivity index (χ2v) is 7.28. The number of aromatic nitrogens is 2. The number of amides is 1. The van der Waals surface area contributed by atoms with Crippen molar-refractivity contribution in [3.63, 3.8) is 0 Å². The van der Waals surface area contributed by atoms with Crippen LogP contribution < -0.4 is 10.1 Å². The minimum atomic E-state index is -0.714. The summed E-state index contributed by atoms with van der Waals surface area (Å²) in [6.07, 6.45) is -0.0411. The molecule has 1 aromatic heterocycles. The maximum absolute atomic E-state index is 13.0. The highest BCUT2D eigenvalue weighted by Crippen LogP contribution is 2.18. The van der Waals surface area contributed by atoms with Crippen molar-refractivity contribution in [2.45, 2.75) is 26.4 Å². The molecule has 1 heterocycles. The van der Waals surface area contributed by atoms with E-state index in [4.69, 9.17) is 4.74 Å². The minimum absolute atomic E-state index is 0.278. The molecule has 0 radical (unpaired) electrons. The molecule has 4 rings (SSSR count). The third-order valence-electron chi connectivity index (χ3n) is 4.78. The van der Waals surface area contributed by atoms with Crippen LogP contribution in [0.5, 0.6) is 5.75 Å². The van der Waals surface area contributed by atoms with E-state index in [9.17, 15) is 9.18 Å². The molecule has 6 heteroatoms. The second kappa shape index (κ2) is 8.37. The molecule has 0 bridgehead atoms. The second-order valence-electron chi connectivity index (χ2n) is 7.28. The minimum Gasteiger partial charge on any atom is -0.481 e. The molecule has 2 N–H and O–H groups in total. The van der Waals surface area contributed by atoms with E-state index in [2.05, 4.69) is 28.3 Å². The van der Waals surface area contributed by atoms with Gasteiger partial charge < -0.3 is 15.0 Å². The van der Waals surface area contributed by atoms with Crippen LogP contribution in [0.25, 0.3) is 11.0 Å². The zero-order valence-electron chi connectivity index (χ0n) is 16.8. The number of benzene rings is 3. The van der Waals surface area contributed by atoms with Gasteiger partial charge in [0, 0.05) is 12.1 Å². The van der Waals surface area contributed by atoms with Crippen LogP contribution in [0.3, 0.4) is 0 Å². The van der Waals surface area contributed by atoms with Crippen LogP contribution >= 0.6 is 0 Å². The lowest BCUT2D eigenvalue weighted by Gasteiger charge is -2.15. The zero-order chi connectivity index (χ0) is 21.1. The summed E-state index contributed by atoms with van der Waals surface area (Å²) in [5.41, 5.74) is 4.94. The zero-order valence-corrected chi connectivity index (χ0v) is 16.8. The van der Waals surface area contributed by atoms with E-state index in [0.717, 1.165) is 22.4 Å². The summed E-state index contributed by atoms with van der Waals surface area (Å²) in [6.45, 7) is 3.70. The molecular formula is C24H22FN3O2. The van der Waals surface area contributed by atoms with Gasteiger partial charge in [-0.05, 0) is 73.5 Å². The molecule has 0 saturated carbocycles. The van der Waals surface area contributed by atoms with Gasteiger partial charge in [-0.25, -0.2) is 9.37 Å². The van der Waals surface area contributed by atoms with E-state index >= 15 is 0 Å². The molecule has 4 aromatic rings. The Morgan fingerprint density at radius 2 is 1.83 bits per heavy atom. The van der Waals surface area contributed by atoms with Crippen molar-refractivity contribution in [1.82, 2.24) is 9.97 Å². The molecule has 152 valence electrons. The fourth-order valence-electron chi connectivity index (χ4n) is 3.17. The average Bonchev–Trinajstić information content (AvgIpc) is 3.12. The molecule has 0 unspecified atom stereocenters. The molecule has 3 aromatic carbocycles. The first-order valence-corrected chi connectivity index (χ1v) is 9.73. The maximum Gasteiger partial charge on any atom is 0.265 e. The number of halogens is 1. The van der Waals surface area contributed by atoms with E-state index in [-0.39, 0.29) is 11.7 Å². The fourth-order valence-corrected chi connectivity index (χ4v) is 3.17. The highest BCUT2D eigenvalue weighted by molar-refractivity contribution is 5.94. The molecule has 30 heavy (non-hydrogen) atoms. The number of aryl methyl sites for hydroxylation is 1. The molecule has 1 amide bonds. The van der Waals surface area contributed by atoms with Gasteiger partial charge in [0.15, 0.2) is 6.10 Å². The van der Waals surface area contributed by atoms with Gasteiger partial charge in [-0.3, -0.25) is 4.79 Å². The first kappa shape index (κ1) is 19.6. The number of carbonyl (C=O) groups excluding carboxylic acids is 1. The van der Waals surface area contributed by atoms with Crippen molar-refractivity contribution in [1.29, 1.82) is 0 Å². The summed E-state index contributed by atoms with van der Waals surface area (Å²) >= 11 is 0. The summed E-state index contributed by atoms with van der Waals surface area (Å²) < 4.78 is 18.5. The molecule has 0 aliphatic heterocycles. The highest BCUT2D eigenvalue weighted by atomic mass is 19.1. The Morgan fingerprint density at radius 1 is 1.10 bits per heavy atom. The number of fused-ring (bicyclic) bond motifs is 1. The molecule has 0 aliphatic rings. The summed E-state index contributed by atoms with van der Waals surface area (Å²) in [7, 11) is 0. The SMILES string of the molecule is Cc1ccc2nc(Cc3ccc(NC(=O)[C@H](C)Oc4ccc(F)cc4)cc3)[nH]c2c1. The number of aromatic amines is 1. The van der Waals surface area contributed by atoms with Gasteiger partial charge in [-0.2, -0.15) is 0 Å². The molecule has 5 nitrogen and oxygen atoms in total. The van der Waals surface area contributed by atoms with Crippen molar-refractivity contribution < 1.29 is 13.9 Å². The number of nitrogens with one attached hydrogen (secondary N) is 2. The third-order valence-corrected chi connectivity index (χ3v) is 4.78. The maximum atomic E-state index is 13.0. The molecule has 0 fully saturated rings. The quantitative estimate of drug-likeness (QED) is 0.476. The average molecular weight is 403 g/mol. The lowest BCUT2D eigenvalue weighted by molar-refractivity contribution is -0.122. The summed E-state index contributed by atoms with van der Waals surface area (Å²) in [6, 6.07) is 19.3. The first-order chi connectivity index (χ1) is 14.5. The first-order valence-electron chi connectivity index (χ1n) is 9.73. The number of carbonyl (C=O) groups is 1. The van der Waals surface area contributed by atoms with Gasteiger partial charge in [0.1, 0.15) is 17.4 Å². The molecule has 1 atom stereocenters. The van der Waals surface area contributed by atoms with Crippen molar-refractivity contribution in [3.8, 4) is 5.75 Å². The van der Waals surface area contributed by atoms with Crippen LogP contribution in [0, 0.1) is 12.7 Å². The number of ether oxygens (including phenoxy) is 1. The summed E-state index contributed by atoms with van der Waals surface area (Å²) in [5.74, 6) is 0.709. The Labute approximate surface area is 173 Å². The Kier molecular flexibility index (Phi) is 5.48. The van der Waals surface area contributed by atoms with Crippen LogP contribution in [0.4, 0.5) is 10.1 Å². The Hall–Kier alpha value is -3.67. The monoisotopic (exact) mass is 403 g/mol. The van der Waals surface area contributed by atoms with Crippen LogP contribution in [0.2, 0.25) is 0 Å². The van der Waals surface area contributed by atoms with Crippen LogP contribution in [0.1, 0.15) is 23.9 Å². The van der Waals surface area contributed by atoms with Crippen molar-refractivity contribution in [2.24, 2.45) is 0 Å². The smallest absolute Gasteiger partial charge is 0.265 e. The van der Waals surface area contributed by atoms with Gasteiger partial charge in [-0.15, -0.1) is 0 Å². The van der Waals surface area contributed by atoms with Crippen molar-refractivity contribution in [2.75, 3.05) is 5.32 Å². The lowest BCUT2D eigenvalue weighted by Crippen LogP contribution is -2.30.